The topological polar surface area (TPSA) is 79.5 Å². The number of carbonyl (C=O) groups is 2. The third-order valence-electron chi connectivity index (χ3n) is 5.62. The Bertz CT molecular complexity index is 1290. The number of rotatable bonds is 10. The summed E-state index contributed by atoms with van der Waals surface area (Å²) in [5.41, 5.74) is 3.87. The van der Waals surface area contributed by atoms with Crippen molar-refractivity contribution in [3.63, 3.8) is 0 Å². The number of nitrogens with one attached hydrogen (secondary N) is 3. The first-order valence-electron chi connectivity index (χ1n) is 11.8. The lowest BCUT2D eigenvalue weighted by atomic mass is 10.1. The molecule has 0 saturated carbocycles. The van der Waals surface area contributed by atoms with E-state index < -0.39 is 0 Å². The van der Waals surface area contributed by atoms with Gasteiger partial charge in [0.15, 0.2) is 0 Å². The van der Waals surface area contributed by atoms with Gasteiger partial charge in [0.2, 0.25) is 5.91 Å². The van der Waals surface area contributed by atoms with E-state index in [1.54, 1.807) is 24.3 Å². The number of hydrogen-bond acceptors (Lipinski definition) is 4. The van der Waals surface area contributed by atoms with E-state index in [9.17, 15) is 9.59 Å². The number of amides is 2. The second-order valence-electron chi connectivity index (χ2n) is 8.36. The summed E-state index contributed by atoms with van der Waals surface area (Å²) >= 11 is 0. The number of para-hydroxylation sites is 2. The van der Waals surface area contributed by atoms with Crippen molar-refractivity contribution < 1.29 is 14.3 Å². The predicted octanol–water partition coefficient (Wildman–Crippen LogP) is 5.81. The largest absolute Gasteiger partial charge is 0.487 e. The average Bonchev–Trinajstić information content (AvgIpc) is 2.92. The Kier molecular flexibility index (Phi) is 8.33. The van der Waals surface area contributed by atoms with Crippen molar-refractivity contribution in [2.75, 3.05) is 17.2 Å². The minimum atomic E-state index is -0.224. The Morgan fingerprint density at radius 2 is 1.50 bits per heavy atom. The summed E-state index contributed by atoms with van der Waals surface area (Å²) < 4.78 is 5.91. The van der Waals surface area contributed by atoms with E-state index >= 15 is 0 Å². The molecule has 2 amide bonds. The van der Waals surface area contributed by atoms with Gasteiger partial charge in [-0.05, 0) is 48.4 Å². The smallest absolute Gasteiger partial charge is 0.251 e. The first-order valence-corrected chi connectivity index (χ1v) is 11.8. The van der Waals surface area contributed by atoms with Gasteiger partial charge in [-0.2, -0.15) is 0 Å². The molecule has 0 saturated heterocycles. The van der Waals surface area contributed by atoms with Crippen LogP contribution in [-0.2, 0) is 11.4 Å². The summed E-state index contributed by atoms with van der Waals surface area (Å²) in [6.45, 7) is 2.39. The second-order valence-corrected chi connectivity index (χ2v) is 8.36. The van der Waals surface area contributed by atoms with Gasteiger partial charge in [0, 0.05) is 11.3 Å². The highest BCUT2D eigenvalue weighted by molar-refractivity contribution is 5.97. The molecule has 6 nitrogen and oxygen atoms in total. The van der Waals surface area contributed by atoms with E-state index in [4.69, 9.17) is 4.74 Å². The van der Waals surface area contributed by atoms with Crippen LogP contribution in [0.25, 0.3) is 0 Å². The van der Waals surface area contributed by atoms with Crippen molar-refractivity contribution in [2.24, 2.45) is 0 Å². The lowest BCUT2D eigenvalue weighted by molar-refractivity contribution is -0.114. The van der Waals surface area contributed by atoms with E-state index in [2.05, 4.69) is 16.0 Å². The highest BCUT2D eigenvalue weighted by Gasteiger charge is 2.12. The molecule has 4 aromatic rings. The van der Waals surface area contributed by atoms with Gasteiger partial charge in [0.1, 0.15) is 12.4 Å². The minimum Gasteiger partial charge on any atom is -0.487 e. The molecule has 0 aliphatic rings. The molecule has 36 heavy (non-hydrogen) atoms. The van der Waals surface area contributed by atoms with Crippen LogP contribution in [0.15, 0.2) is 109 Å². The minimum absolute atomic E-state index is 0.0402. The lowest BCUT2D eigenvalue weighted by Gasteiger charge is -2.15. The molecule has 182 valence electrons. The van der Waals surface area contributed by atoms with Crippen molar-refractivity contribution in [1.29, 1.82) is 0 Å². The predicted molar refractivity (Wildman–Crippen MR) is 143 cm³/mol. The zero-order valence-electron chi connectivity index (χ0n) is 20.1. The van der Waals surface area contributed by atoms with E-state index in [1.165, 1.54) is 0 Å². The van der Waals surface area contributed by atoms with E-state index in [1.807, 2.05) is 91.9 Å². The van der Waals surface area contributed by atoms with Crippen molar-refractivity contribution in [3.05, 3.63) is 126 Å². The highest BCUT2D eigenvalue weighted by Crippen LogP contribution is 2.25. The molecular weight excluding hydrogens is 450 g/mol. The molecule has 0 bridgehead atoms. The monoisotopic (exact) mass is 479 g/mol. The lowest BCUT2D eigenvalue weighted by Crippen LogP contribution is -2.27. The Balaban J connectivity index is 1.31. The number of benzene rings is 4. The molecule has 4 rings (SSSR count). The molecule has 0 fully saturated rings. The average molecular weight is 480 g/mol. The highest BCUT2D eigenvalue weighted by atomic mass is 16.5. The van der Waals surface area contributed by atoms with E-state index in [0.717, 1.165) is 11.1 Å². The molecule has 0 heterocycles. The molecule has 1 atom stereocenters. The van der Waals surface area contributed by atoms with Crippen LogP contribution in [0, 0.1) is 0 Å². The molecule has 0 aliphatic carbocycles. The summed E-state index contributed by atoms with van der Waals surface area (Å²) in [7, 11) is 0. The van der Waals surface area contributed by atoms with Crippen molar-refractivity contribution in [3.8, 4) is 5.75 Å². The first-order chi connectivity index (χ1) is 17.6. The van der Waals surface area contributed by atoms with Gasteiger partial charge >= 0.3 is 0 Å². The van der Waals surface area contributed by atoms with E-state index in [-0.39, 0.29) is 24.4 Å². The summed E-state index contributed by atoms with van der Waals surface area (Å²) in [4.78, 5) is 25.4. The molecule has 6 heteroatoms. The fourth-order valence-electron chi connectivity index (χ4n) is 3.68. The third kappa shape index (κ3) is 6.96. The number of anilines is 2. The quantitative estimate of drug-likeness (QED) is 0.268. The standard InChI is InChI=1S/C30H29N3O3/c1-22(24-13-6-3-7-14-24)32-30(35)25-15-10-16-26(19-25)31-20-29(34)33-27-17-8-9-18-28(27)36-21-23-11-4-2-5-12-23/h2-19,22,31H,20-21H2,1H3,(H,32,35)(H,33,34). The normalized spacial score (nSPS) is 11.2. The maximum absolute atomic E-state index is 12.7. The molecular formula is C30H29N3O3. The third-order valence-corrected chi connectivity index (χ3v) is 5.62. The molecule has 1 unspecified atom stereocenters. The molecule has 0 aromatic heterocycles. The molecule has 0 radical (unpaired) electrons. The van der Waals surface area contributed by atoms with Gasteiger partial charge in [0.05, 0.1) is 18.3 Å². The maximum atomic E-state index is 12.7. The molecule has 0 aliphatic heterocycles. The molecule has 4 aromatic carbocycles. The maximum Gasteiger partial charge on any atom is 0.251 e. The van der Waals surface area contributed by atoms with Gasteiger partial charge < -0.3 is 20.7 Å². The van der Waals surface area contributed by atoms with Crippen molar-refractivity contribution in [1.82, 2.24) is 5.32 Å². The van der Waals surface area contributed by atoms with Crippen LogP contribution in [0.4, 0.5) is 11.4 Å². The Morgan fingerprint density at radius 3 is 2.28 bits per heavy atom. The fourth-order valence-corrected chi connectivity index (χ4v) is 3.68. The SMILES string of the molecule is CC(NC(=O)c1cccc(NCC(=O)Nc2ccccc2OCc2ccccc2)c1)c1ccccc1. The summed E-state index contributed by atoms with van der Waals surface area (Å²) in [6.07, 6.45) is 0. The second kappa shape index (κ2) is 12.2. The molecule has 3 N–H and O–H groups in total. The van der Waals surface area contributed by atoms with Crippen molar-refractivity contribution in [2.45, 2.75) is 19.6 Å². The number of hydrogen-bond donors (Lipinski definition) is 3. The van der Waals surface area contributed by atoms with Gasteiger partial charge in [-0.3, -0.25) is 9.59 Å². The van der Waals surface area contributed by atoms with Crippen LogP contribution < -0.4 is 20.7 Å². The number of ether oxygens (including phenoxy) is 1. The Labute approximate surface area is 211 Å². The summed E-state index contributed by atoms with van der Waals surface area (Å²) in [6, 6.07) is 33.9. The number of carbonyl (C=O) groups excluding carboxylic acids is 2. The van der Waals surface area contributed by atoms with E-state index in [0.29, 0.717) is 29.3 Å². The van der Waals surface area contributed by atoms with Crippen molar-refractivity contribution >= 4 is 23.2 Å². The summed E-state index contributed by atoms with van der Waals surface area (Å²) in [5.74, 6) is 0.197. The van der Waals surface area contributed by atoms with Gasteiger partial charge in [-0.25, -0.2) is 0 Å². The Hall–Kier alpha value is -4.58. The van der Waals surface area contributed by atoms with Crippen LogP contribution in [0.5, 0.6) is 5.75 Å². The van der Waals surface area contributed by atoms with Crippen LogP contribution in [0.3, 0.4) is 0 Å². The van der Waals surface area contributed by atoms with Crippen LogP contribution >= 0.6 is 0 Å². The zero-order valence-corrected chi connectivity index (χ0v) is 20.1. The fraction of sp³-hybridized carbons (Fsp3) is 0.133. The van der Waals surface area contributed by atoms with Gasteiger partial charge in [-0.15, -0.1) is 0 Å². The van der Waals surface area contributed by atoms with Crippen LogP contribution in [-0.4, -0.2) is 18.4 Å². The first kappa shape index (κ1) is 24.5. The van der Waals surface area contributed by atoms with Crippen LogP contribution in [0.2, 0.25) is 0 Å². The van der Waals surface area contributed by atoms with Gasteiger partial charge in [-0.1, -0.05) is 78.9 Å². The summed E-state index contributed by atoms with van der Waals surface area (Å²) in [5, 5.41) is 8.99. The van der Waals surface area contributed by atoms with Crippen LogP contribution in [0.1, 0.15) is 34.5 Å². The zero-order chi connectivity index (χ0) is 25.2. The Morgan fingerprint density at radius 1 is 0.806 bits per heavy atom. The van der Waals surface area contributed by atoms with Gasteiger partial charge in [0.25, 0.3) is 5.91 Å². The molecule has 0 spiro atoms.